The van der Waals surface area contributed by atoms with Gasteiger partial charge >= 0.3 is 6.03 Å². The third-order valence-electron chi connectivity index (χ3n) is 3.95. The minimum Gasteiger partial charge on any atom is -0.369 e. The van der Waals surface area contributed by atoms with Crippen LogP contribution in [-0.2, 0) is 0 Å². The van der Waals surface area contributed by atoms with Gasteiger partial charge < -0.3 is 15.5 Å². The highest BCUT2D eigenvalue weighted by atomic mass is 16.2. The quantitative estimate of drug-likeness (QED) is 0.911. The normalized spacial score (nSPS) is 17.3. The van der Waals surface area contributed by atoms with Crippen molar-refractivity contribution in [3.63, 3.8) is 0 Å². The maximum atomic E-state index is 12.1. The van der Waals surface area contributed by atoms with Crippen LogP contribution in [0.15, 0.2) is 54.6 Å². The van der Waals surface area contributed by atoms with E-state index in [-0.39, 0.29) is 12.1 Å². The molecule has 1 unspecified atom stereocenters. The number of carbonyl (C=O) groups is 1. The summed E-state index contributed by atoms with van der Waals surface area (Å²) in [5.74, 6) is 0. The minimum absolute atomic E-state index is 0.135. The van der Waals surface area contributed by atoms with Crippen LogP contribution in [0.25, 0.3) is 0 Å². The Hall–Kier alpha value is -2.49. The van der Waals surface area contributed by atoms with Gasteiger partial charge in [-0.1, -0.05) is 35.9 Å². The Morgan fingerprint density at radius 1 is 1.09 bits per heavy atom. The van der Waals surface area contributed by atoms with E-state index in [1.54, 1.807) is 0 Å². The number of benzene rings is 2. The number of hydrogen-bond acceptors (Lipinski definition) is 2. The summed E-state index contributed by atoms with van der Waals surface area (Å²) >= 11 is 0. The first-order valence-corrected chi connectivity index (χ1v) is 7.65. The van der Waals surface area contributed by atoms with Crippen molar-refractivity contribution < 1.29 is 4.79 Å². The molecule has 2 amide bonds. The molecule has 22 heavy (non-hydrogen) atoms. The zero-order valence-corrected chi connectivity index (χ0v) is 12.8. The SMILES string of the molecule is Cc1ccc(NC(=O)NC2CCN(c3ccccc3)C2)cc1. The average Bonchev–Trinajstić information content (AvgIpc) is 2.99. The summed E-state index contributed by atoms with van der Waals surface area (Å²) in [5, 5.41) is 5.93. The smallest absolute Gasteiger partial charge is 0.319 e. The summed E-state index contributed by atoms with van der Waals surface area (Å²) in [6.45, 7) is 3.85. The highest BCUT2D eigenvalue weighted by Gasteiger charge is 2.23. The van der Waals surface area contributed by atoms with E-state index in [4.69, 9.17) is 0 Å². The van der Waals surface area contributed by atoms with Crippen LogP contribution >= 0.6 is 0 Å². The third-order valence-corrected chi connectivity index (χ3v) is 3.95. The predicted molar refractivity (Wildman–Crippen MR) is 90.4 cm³/mol. The van der Waals surface area contributed by atoms with Crippen molar-refractivity contribution in [2.24, 2.45) is 0 Å². The van der Waals surface area contributed by atoms with Gasteiger partial charge in [-0.05, 0) is 37.6 Å². The molecule has 1 fully saturated rings. The lowest BCUT2D eigenvalue weighted by Gasteiger charge is -2.19. The number of nitrogens with one attached hydrogen (secondary N) is 2. The molecule has 0 aliphatic carbocycles. The van der Waals surface area contributed by atoms with Gasteiger partial charge in [-0.15, -0.1) is 0 Å². The maximum Gasteiger partial charge on any atom is 0.319 e. The molecule has 0 aromatic heterocycles. The van der Waals surface area contributed by atoms with Crippen molar-refractivity contribution in [3.05, 3.63) is 60.2 Å². The molecule has 1 aliphatic rings. The Kier molecular flexibility index (Phi) is 4.28. The minimum atomic E-state index is -0.135. The van der Waals surface area contributed by atoms with E-state index in [0.29, 0.717) is 0 Å². The molecule has 0 bridgehead atoms. The van der Waals surface area contributed by atoms with Crippen LogP contribution in [0.3, 0.4) is 0 Å². The lowest BCUT2D eigenvalue weighted by Crippen LogP contribution is -2.39. The second kappa shape index (κ2) is 6.52. The zero-order valence-electron chi connectivity index (χ0n) is 12.8. The van der Waals surface area contributed by atoms with Crippen LogP contribution < -0.4 is 15.5 Å². The van der Waals surface area contributed by atoms with Crippen molar-refractivity contribution in [3.8, 4) is 0 Å². The van der Waals surface area contributed by atoms with Crippen LogP contribution in [0.1, 0.15) is 12.0 Å². The number of para-hydroxylation sites is 1. The molecule has 4 nitrogen and oxygen atoms in total. The first-order valence-electron chi connectivity index (χ1n) is 7.65. The summed E-state index contributed by atoms with van der Waals surface area (Å²) in [6.07, 6.45) is 0.968. The van der Waals surface area contributed by atoms with Crippen molar-refractivity contribution in [2.45, 2.75) is 19.4 Å². The Morgan fingerprint density at radius 3 is 2.55 bits per heavy atom. The Morgan fingerprint density at radius 2 is 1.82 bits per heavy atom. The van der Waals surface area contributed by atoms with E-state index < -0.39 is 0 Å². The lowest BCUT2D eigenvalue weighted by molar-refractivity contribution is 0.249. The van der Waals surface area contributed by atoms with Crippen LogP contribution in [0.4, 0.5) is 16.2 Å². The second-order valence-corrected chi connectivity index (χ2v) is 5.73. The summed E-state index contributed by atoms with van der Waals surface area (Å²) in [6, 6.07) is 18.2. The Labute approximate surface area is 131 Å². The number of hydrogen-bond donors (Lipinski definition) is 2. The van der Waals surface area contributed by atoms with Gasteiger partial charge in [0.15, 0.2) is 0 Å². The summed E-state index contributed by atoms with van der Waals surface area (Å²) in [4.78, 5) is 14.4. The molecule has 0 radical (unpaired) electrons. The van der Waals surface area contributed by atoms with E-state index >= 15 is 0 Å². The number of amides is 2. The van der Waals surface area contributed by atoms with Gasteiger partial charge in [0.1, 0.15) is 0 Å². The lowest BCUT2D eigenvalue weighted by atomic mass is 10.2. The van der Waals surface area contributed by atoms with Crippen molar-refractivity contribution in [2.75, 3.05) is 23.3 Å². The molecule has 2 aromatic carbocycles. The van der Waals surface area contributed by atoms with Crippen molar-refractivity contribution in [1.29, 1.82) is 0 Å². The van der Waals surface area contributed by atoms with E-state index in [9.17, 15) is 4.79 Å². The van der Waals surface area contributed by atoms with E-state index in [0.717, 1.165) is 25.2 Å². The molecule has 1 aliphatic heterocycles. The van der Waals surface area contributed by atoms with Gasteiger partial charge in [-0.2, -0.15) is 0 Å². The standard InChI is InChI=1S/C18H21N3O/c1-14-7-9-15(10-8-14)19-18(22)20-16-11-12-21(13-16)17-5-3-2-4-6-17/h2-10,16H,11-13H2,1H3,(H2,19,20,22). The number of carbonyl (C=O) groups excluding carboxylic acids is 1. The van der Waals surface area contributed by atoms with Crippen molar-refractivity contribution in [1.82, 2.24) is 5.32 Å². The number of aryl methyl sites for hydroxylation is 1. The second-order valence-electron chi connectivity index (χ2n) is 5.73. The molecule has 2 N–H and O–H groups in total. The third kappa shape index (κ3) is 3.58. The van der Waals surface area contributed by atoms with E-state index in [1.807, 2.05) is 49.4 Å². The fraction of sp³-hybridized carbons (Fsp3) is 0.278. The summed E-state index contributed by atoms with van der Waals surface area (Å²) in [7, 11) is 0. The molecular formula is C18H21N3O. The number of urea groups is 1. The predicted octanol–water partition coefficient (Wildman–Crippen LogP) is 3.40. The fourth-order valence-corrected chi connectivity index (χ4v) is 2.74. The van der Waals surface area contributed by atoms with Gasteiger partial charge in [0.2, 0.25) is 0 Å². The summed E-state index contributed by atoms with van der Waals surface area (Å²) < 4.78 is 0. The Bertz CT molecular complexity index is 625. The first kappa shape index (κ1) is 14.4. The molecule has 1 atom stereocenters. The van der Waals surface area contributed by atoms with Crippen molar-refractivity contribution >= 4 is 17.4 Å². The fourth-order valence-electron chi connectivity index (χ4n) is 2.74. The summed E-state index contributed by atoms with van der Waals surface area (Å²) in [5.41, 5.74) is 3.21. The first-order chi connectivity index (χ1) is 10.7. The average molecular weight is 295 g/mol. The molecule has 0 spiro atoms. The molecule has 4 heteroatoms. The largest absolute Gasteiger partial charge is 0.369 e. The molecule has 1 heterocycles. The van der Waals surface area contributed by atoms with Gasteiger partial charge in [-0.25, -0.2) is 4.79 Å². The topological polar surface area (TPSA) is 44.4 Å². The molecular weight excluding hydrogens is 274 g/mol. The molecule has 2 aromatic rings. The monoisotopic (exact) mass is 295 g/mol. The van der Waals surface area contributed by atoms with Crippen LogP contribution in [0.5, 0.6) is 0 Å². The maximum absolute atomic E-state index is 12.1. The van der Waals surface area contributed by atoms with Gasteiger partial charge in [0, 0.05) is 30.5 Å². The molecule has 3 rings (SSSR count). The highest BCUT2D eigenvalue weighted by Crippen LogP contribution is 2.19. The van der Waals surface area contributed by atoms with Gasteiger partial charge in [0.05, 0.1) is 0 Å². The van der Waals surface area contributed by atoms with Gasteiger partial charge in [-0.3, -0.25) is 0 Å². The highest BCUT2D eigenvalue weighted by molar-refractivity contribution is 5.89. The number of nitrogens with zero attached hydrogens (tertiary/aromatic N) is 1. The van der Waals surface area contributed by atoms with Crippen LogP contribution in [0.2, 0.25) is 0 Å². The molecule has 114 valence electrons. The van der Waals surface area contributed by atoms with Crippen LogP contribution in [-0.4, -0.2) is 25.2 Å². The number of anilines is 2. The molecule has 0 saturated carbocycles. The van der Waals surface area contributed by atoms with E-state index in [2.05, 4.69) is 27.7 Å². The Balaban J connectivity index is 1.51. The van der Waals surface area contributed by atoms with Gasteiger partial charge in [0.25, 0.3) is 0 Å². The van der Waals surface area contributed by atoms with Crippen LogP contribution in [0, 0.1) is 6.92 Å². The van der Waals surface area contributed by atoms with E-state index in [1.165, 1.54) is 11.3 Å². The zero-order chi connectivity index (χ0) is 15.4. The molecule has 1 saturated heterocycles. The number of rotatable bonds is 3.